The van der Waals surface area contributed by atoms with Crippen molar-refractivity contribution in [2.24, 2.45) is 5.10 Å². The first kappa shape index (κ1) is 17.6. The lowest BCUT2D eigenvalue weighted by Gasteiger charge is -2.52. The Kier molecular flexibility index (Phi) is 3.91. The molecule has 5 nitrogen and oxygen atoms in total. The zero-order valence-corrected chi connectivity index (χ0v) is 16.6. The van der Waals surface area contributed by atoms with E-state index in [1.165, 1.54) is 5.56 Å². The highest BCUT2D eigenvalue weighted by Crippen LogP contribution is 2.51. The van der Waals surface area contributed by atoms with Gasteiger partial charge in [-0.05, 0) is 32.0 Å². The minimum Gasteiger partial charge on any atom is -0.497 e. The van der Waals surface area contributed by atoms with Gasteiger partial charge >= 0.3 is 0 Å². The van der Waals surface area contributed by atoms with Gasteiger partial charge in [0.15, 0.2) is 0 Å². The standard InChI is InChI=1S/C23H26N2O3/c1-22(2)15-23(11-12-27-22)25-20(18-9-4-5-10-21(18)28-23)14-19(24-25)16-7-6-8-17(13-16)26-3/h4-10,13,20H,11-12,14-15H2,1-3H3. The van der Waals surface area contributed by atoms with Crippen molar-refractivity contribution in [3.63, 3.8) is 0 Å². The van der Waals surface area contributed by atoms with Crippen LogP contribution in [0.15, 0.2) is 53.6 Å². The lowest BCUT2D eigenvalue weighted by Crippen LogP contribution is -2.60. The summed E-state index contributed by atoms with van der Waals surface area (Å²) in [6, 6.07) is 16.7. The molecule has 0 saturated carbocycles. The SMILES string of the molecule is COc1cccc(C2=NN3C(C2)c2ccccc2OC32CCOC(C)(C)C2)c1. The highest BCUT2D eigenvalue weighted by molar-refractivity contribution is 6.02. The van der Waals surface area contributed by atoms with E-state index in [0.29, 0.717) is 6.61 Å². The number of fused-ring (bicyclic) bond motifs is 4. The van der Waals surface area contributed by atoms with Gasteiger partial charge in [-0.25, -0.2) is 5.01 Å². The Balaban J connectivity index is 1.60. The van der Waals surface area contributed by atoms with Crippen LogP contribution in [0.5, 0.6) is 11.5 Å². The molecule has 2 atom stereocenters. The number of hydrogen-bond acceptors (Lipinski definition) is 5. The zero-order chi connectivity index (χ0) is 19.4. The lowest BCUT2D eigenvalue weighted by atomic mass is 9.86. The maximum absolute atomic E-state index is 6.65. The Morgan fingerprint density at radius 2 is 2.00 bits per heavy atom. The van der Waals surface area contributed by atoms with Crippen LogP contribution in [-0.4, -0.2) is 35.8 Å². The first-order chi connectivity index (χ1) is 13.5. The highest BCUT2D eigenvalue weighted by Gasteiger charge is 2.54. The Labute approximate surface area is 165 Å². The second kappa shape index (κ2) is 6.24. The number of benzene rings is 2. The molecule has 1 saturated heterocycles. The van der Waals surface area contributed by atoms with E-state index in [4.69, 9.17) is 19.3 Å². The first-order valence-corrected chi connectivity index (χ1v) is 9.93. The topological polar surface area (TPSA) is 43.3 Å². The molecule has 28 heavy (non-hydrogen) atoms. The van der Waals surface area contributed by atoms with Gasteiger partial charge in [0.25, 0.3) is 0 Å². The van der Waals surface area contributed by atoms with Crippen LogP contribution in [-0.2, 0) is 4.74 Å². The summed E-state index contributed by atoms with van der Waals surface area (Å²) in [5, 5.41) is 7.33. The number of rotatable bonds is 2. The summed E-state index contributed by atoms with van der Waals surface area (Å²) in [4.78, 5) is 0. The quantitative estimate of drug-likeness (QED) is 0.770. The molecular weight excluding hydrogens is 352 g/mol. The fourth-order valence-corrected chi connectivity index (χ4v) is 4.78. The molecule has 0 aliphatic carbocycles. The molecule has 3 aliphatic heterocycles. The van der Waals surface area contributed by atoms with Gasteiger partial charge in [-0.2, -0.15) is 5.10 Å². The van der Waals surface area contributed by atoms with E-state index in [-0.39, 0.29) is 11.6 Å². The summed E-state index contributed by atoms with van der Waals surface area (Å²) in [6.45, 7) is 4.94. The van der Waals surface area contributed by atoms with Crippen LogP contribution in [0.1, 0.15) is 50.3 Å². The maximum atomic E-state index is 6.65. The first-order valence-electron chi connectivity index (χ1n) is 9.93. The summed E-state index contributed by atoms with van der Waals surface area (Å²) in [7, 11) is 1.70. The molecule has 1 fully saturated rings. The minimum atomic E-state index is -0.471. The smallest absolute Gasteiger partial charge is 0.203 e. The molecule has 0 bridgehead atoms. The fourth-order valence-electron chi connectivity index (χ4n) is 4.78. The molecule has 0 radical (unpaired) electrons. The second-order valence-corrected chi connectivity index (χ2v) is 8.46. The summed E-state index contributed by atoms with van der Waals surface area (Å²) >= 11 is 0. The van der Waals surface area contributed by atoms with E-state index < -0.39 is 5.72 Å². The molecule has 2 aromatic carbocycles. The van der Waals surface area contributed by atoms with Crippen molar-refractivity contribution in [2.45, 2.75) is 50.5 Å². The second-order valence-electron chi connectivity index (χ2n) is 8.46. The minimum absolute atomic E-state index is 0.181. The average molecular weight is 378 g/mol. The van der Waals surface area contributed by atoms with Gasteiger partial charge in [0, 0.05) is 30.4 Å². The van der Waals surface area contributed by atoms with Crippen LogP contribution in [0.25, 0.3) is 0 Å². The Morgan fingerprint density at radius 1 is 1.14 bits per heavy atom. The van der Waals surface area contributed by atoms with E-state index in [2.05, 4.69) is 49.2 Å². The van der Waals surface area contributed by atoms with Crippen molar-refractivity contribution in [3.8, 4) is 11.5 Å². The molecule has 0 N–H and O–H groups in total. The molecule has 2 aromatic rings. The highest BCUT2D eigenvalue weighted by atomic mass is 16.5. The zero-order valence-electron chi connectivity index (χ0n) is 16.6. The van der Waals surface area contributed by atoms with Crippen molar-refractivity contribution in [1.82, 2.24) is 5.01 Å². The third kappa shape index (κ3) is 2.76. The van der Waals surface area contributed by atoms with Gasteiger partial charge in [-0.3, -0.25) is 0 Å². The van der Waals surface area contributed by atoms with E-state index >= 15 is 0 Å². The third-order valence-electron chi connectivity index (χ3n) is 6.00. The van der Waals surface area contributed by atoms with E-state index in [1.54, 1.807) is 7.11 Å². The van der Waals surface area contributed by atoms with Crippen LogP contribution in [0, 0.1) is 0 Å². The van der Waals surface area contributed by atoms with E-state index in [1.807, 2.05) is 18.2 Å². The van der Waals surface area contributed by atoms with Crippen LogP contribution in [0.2, 0.25) is 0 Å². The Bertz CT molecular complexity index is 939. The van der Waals surface area contributed by atoms with Gasteiger partial charge in [-0.15, -0.1) is 0 Å². The summed E-state index contributed by atoms with van der Waals surface area (Å²) in [5.74, 6) is 1.83. The number of ether oxygens (including phenoxy) is 3. The molecule has 0 amide bonds. The molecule has 2 unspecified atom stereocenters. The summed E-state index contributed by atoms with van der Waals surface area (Å²) in [5.41, 5.74) is 2.67. The lowest BCUT2D eigenvalue weighted by molar-refractivity contribution is -0.212. The predicted molar refractivity (Wildman–Crippen MR) is 108 cm³/mol. The van der Waals surface area contributed by atoms with Gasteiger partial charge < -0.3 is 14.2 Å². The van der Waals surface area contributed by atoms with Crippen LogP contribution in [0.4, 0.5) is 0 Å². The molecule has 1 spiro atoms. The van der Waals surface area contributed by atoms with Crippen molar-refractivity contribution in [2.75, 3.05) is 13.7 Å². The number of hydrazone groups is 1. The molecule has 3 heterocycles. The van der Waals surface area contributed by atoms with Gasteiger partial charge in [0.2, 0.25) is 5.72 Å². The third-order valence-corrected chi connectivity index (χ3v) is 6.00. The molecular formula is C23H26N2O3. The van der Waals surface area contributed by atoms with Crippen molar-refractivity contribution >= 4 is 5.71 Å². The van der Waals surface area contributed by atoms with Crippen molar-refractivity contribution in [1.29, 1.82) is 0 Å². The Hall–Kier alpha value is -2.53. The number of nitrogens with zero attached hydrogens (tertiary/aromatic N) is 2. The Morgan fingerprint density at radius 3 is 2.82 bits per heavy atom. The average Bonchev–Trinajstić information content (AvgIpc) is 3.14. The van der Waals surface area contributed by atoms with Crippen LogP contribution in [0.3, 0.4) is 0 Å². The number of hydrogen-bond donors (Lipinski definition) is 0. The largest absolute Gasteiger partial charge is 0.497 e. The molecule has 5 rings (SSSR count). The molecule has 3 aliphatic rings. The predicted octanol–water partition coefficient (Wildman–Crippen LogP) is 4.52. The van der Waals surface area contributed by atoms with Crippen molar-refractivity contribution in [3.05, 3.63) is 59.7 Å². The number of methoxy groups -OCH3 is 1. The van der Waals surface area contributed by atoms with Gasteiger partial charge in [0.05, 0.1) is 31.1 Å². The van der Waals surface area contributed by atoms with Gasteiger partial charge in [0.1, 0.15) is 11.5 Å². The number of para-hydroxylation sites is 1. The van der Waals surface area contributed by atoms with Gasteiger partial charge in [-0.1, -0.05) is 30.3 Å². The summed E-state index contributed by atoms with van der Waals surface area (Å²) < 4.78 is 18.1. The monoisotopic (exact) mass is 378 g/mol. The molecule has 5 heteroatoms. The molecule has 146 valence electrons. The maximum Gasteiger partial charge on any atom is 0.203 e. The fraction of sp³-hybridized carbons (Fsp3) is 0.435. The van der Waals surface area contributed by atoms with Crippen molar-refractivity contribution < 1.29 is 14.2 Å². The molecule has 0 aromatic heterocycles. The normalized spacial score (nSPS) is 27.6. The van der Waals surface area contributed by atoms with Crippen LogP contribution < -0.4 is 9.47 Å². The summed E-state index contributed by atoms with van der Waals surface area (Å²) in [6.07, 6.45) is 2.44. The van der Waals surface area contributed by atoms with Crippen LogP contribution >= 0.6 is 0 Å². The van der Waals surface area contributed by atoms with E-state index in [9.17, 15) is 0 Å². The van der Waals surface area contributed by atoms with E-state index in [0.717, 1.165) is 42.0 Å².